The van der Waals surface area contributed by atoms with Gasteiger partial charge in [0.05, 0.1) is 19.8 Å². The second-order valence-corrected chi connectivity index (χ2v) is 7.47. The van der Waals surface area contributed by atoms with Gasteiger partial charge in [0, 0.05) is 30.4 Å². The van der Waals surface area contributed by atoms with E-state index in [2.05, 4.69) is 15.5 Å². The number of hydrogen-bond donors (Lipinski definition) is 2. The second kappa shape index (κ2) is 11.4. The summed E-state index contributed by atoms with van der Waals surface area (Å²) in [5, 5.41) is 6.02. The molecule has 1 aliphatic heterocycles. The molecule has 0 spiro atoms. The molecule has 1 saturated heterocycles. The molecule has 1 fully saturated rings. The third-order valence-electron chi connectivity index (χ3n) is 5.15. The Morgan fingerprint density at radius 1 is 0.968 bits per heavy atom. The lowest BCUT2D eigenvalue weighted by Gasteiger charge is -2.31. The molecule has 3 rings (SSSR count). The number of benzene rings is 2. The van der Waals surface area contributed by atoms with Gasteiger partial charge in [-0.1, -0.05) is 18.2 Å². The summed E-state index contributed by atoms with van der Waals surface area (Å²) in [4.78, 5) is 27.1. The Kier molecular flexibility index (Phi) is 8.29. The number of likely N-dealkylation sites (tertiary alicyclic amines) is 1. The lowest BCUT2D eigenvalue weighted by atomic mass is 10.0. The van der Waals surface area contributed by atoms with E-state index in [0.29, 0.717) is 36.8 Å². The zero-order valence-corrected chi connectivity index (χ0v) is 18.2. The van der Waals surface area contributed by atoms with E-state index >= 15 is 0 Å². The van der Waals surface area contributed by atoms with Crippen LogP contribution >= 0.6 is 0 Å². The fourth-order valence-corrected chi connectivity index (χ4v) is 3.62. The summed E-state index contributed by atoms with van der Waals surface area (Å²) in [6, 6.07) is 14.8. The molecule has 2 N–H and O–H groups in total. The van der Waals surface area contributed by atoms with Crippen LogP contribution in [0, 0.1) is 0 Å². The average molecular weight is 426 g/mol. The van der Waals surface area contributed by atoms with Gasteiger partial charge >= 0.3 is 0 Å². The van der Waals surface area contributed by atoms with Gasteiger partial charge in [0.15, 0.2) is 11.5 Å². The van der Waals surface area contributed by atoms with Crippen LogP contribution in [0.1, 0.15) is 37.0 Å². The Morgan fingerprint density at radius 3 is 2.32 bits per heavy atom. The Bertz CT molecular complexity index is 864. The summed E-state index contributed by atoms with van der Waals surface area (Å²) in [6.07, 6.45) is 1.61. The molecule has 2 amide bonds. The van der Waals surface area contributed by atoms with E-state index in [-0.39, 0.29) is 17.9 Å². The zero-order chi connectivity index (χ0) is 22.1. The first kappa shape index (κ1) is 22.6. The normalized spacial score (nSPS) is 14.6. The average Bonchev–Trinajstić information content (AvgIpc) is 2.77. The molecule has 0 atom stereocenters. The van der Waals surface area contributed by atoms with Gasteiger partial charge in [-0.15, -0.1) is 0 Å². The van der Waals surface area contributed by atoms with E-state index in [1.165, 1.54) is 0 Å². The summed E-state index contributed by atoms with van der Waals surface area (Å²) in [5.41, 5.74) is 1.35. The number of hydrogen-bond acceptors (Lipinski definition) is 5. The van der Waals surface area contributed by atoms with Crippen LogP contribution in [-0.4, -0.2) is 55.6 Å². The summed E-state index contributed by atoms with van der Waals surface area (Å²) in [6.45, 7) is 6.73. The van der Waals surface area contributed by atoms with Gasteiger partial charge in [-0.05, 0) is 57.0 Å². The van der Waals surface area contributed by atoms with Crippen molar-refractivity contribution in [3.63, 3.8) is 0 Å². The van der Waals surface area contributed by atoms with Crippen molar-refractivity contribution >= 4 is 17.5 Å². The molecule has 1 aliphatic rings. The van der Waals surface area contributed by atoms with Crippen molar-refractivity contribution in [2.24, 2.45) is 0 Å². The van der Waals surface area contributed by atoms with Gasteiger partial charge in [0.2, 0.25) is 5.91 Å². The molecule has 31 heavy (non-hydrogen) atoms. The SMILES string of the molecule is CCOc1ccc(C(=O)NC2CCN(CC(=O)Nc3ccccc3)CC2)cc1OCC. The second-order valence-electron chi connectivity index (χ2n) is 7.47. The van der Waals surface area contributed by atoms with Crippen LogP contribution < -0.4 is 20.1 Å². The van der Waals surface area contributed by atoms with Gasteiger partial charge in [0.25, 0.3) is 5.91 Å². The number of nitrogens with one attached hydrogen (secondary N) is 2. The van der Waals surface area contributed by atoms with E-state index < -0.39 is 0 Å². The van der Waals surface area contributed by atoms with Crippen molar-refractivity contribution in [1.82, 2.24) is 10.2 Å². The molecule has 7 heteroatoms. The smallest absolute Gasteiger partial charge is 0.251 e. The molecule has 7 nitrogen and oxygen atoms in total. The molecule has 0 unspecified atom stereocenters. The van der Waals surface area contributed by atoms with Crippen LogP contribution in [0.5, 0.6) is 11.5 Å². The van der Waals surface area contributed by atoms with Crippen molar-refractivity contribution < 1.29 is 19.1 Å². The number of anilines is 1. The van der Waals surface area contributed by atoms with Gasteiger partial charge in [-0.3, -0.25) is 14.5 Å². The van der Waals surface area contributed by atoms with Crippen molar-refractivity contribution in [2.75, 3.05) is 38.2 Å². The standard InChI is InChI=1S/C24H31N3O4/c1-3-30-21-11-10-18(16-22(21)31-4-2)24(29)26-20-12-14-27(15-13-20)17-23(28)25-19-8-6-5-7-9-19/h5-11,16,20H,3-4,12-15,17H2,1-2H3,(H,25,28)(H,26,29). The van der Waals surface area contributed by atoms with Crippen molar-refractivity contribution in [3.8, 4) is 11.5 Å². The monoisotopic (exact) mass is 425 g/mol. The maximum atomic E-state index is 12.7. The minimum absolute atomic E-state index is 0.0217. The third-order valence-corrected chi connectivity index (χ3v) is 5.15. The lowest BCUT2D eigenvalue weighted by Crippen LogP contribution is -2.46. The Morgan fingerprint density at radius 2 is 1.65 bits per heavy atom. The fraction of sp³-hybridized carbons (Fsp3) is 0.417. The summed E-state index contributed by atoms with van der Waals surface area (Å²) in [7, 11) is 0. The van der Waals surface area contributed by atoms with E-state index in [1.54, 1.807) is 18.2 Å². The molecule has 1 heterocycles. The number of para-hydroxylation sites is 1. The summed E-state index contributed by atoms with van der Waals surface area (Å²) >= 11 is 0. The Labute approximate surface area is 183 Å². The molecule has 0 bridgehead atoms. The molecule has 166 valence electrons. The molecule has 2 aromatic rings. The van der Waals surface area contributed by atoms with Gasteiger partial charge < -0.3 is 20.1 Å². The van der Waals surface area contributed by atoms with E-state index in [9.17, 15) is 9.59 Å². The van der Waals surface area contributed by atoms with E-state index in [0.717, 1.165) is 31.6 Å². The zero-order valence-electron chi connectivity index (χ0n) is 18.2. The van der Waals surface area contributed by atoms with Crippen molar-refractivity contribution in [2.45, 2.75) is 32.7 Å². The Balaban J connectivity index is 1.47. The number of ether oxygens (including phenoxy) is 2. The molecule has 0 aliphatic carbocycles. The van der Waals surface area contributed by atoms with E-state index in [4.69, 9.17) is 9.47 Å². The van der Waals surface area contributed by atoms with Crippen LogP contribution in [0.15, 0.2) is 48.5 Å². The topological polar surface area (TPSA) is 79.9 Å². The van der Waals surface area contributed by atoms with Gasteiger partial charge in [0.1, 0.15) is 0 Å². The van der Waals surface area contributed by atoms with E-state index in [1.807, 2.05) is 44.2 Å². The highest BCUT2D eigenvalue weighted by molar-refractivity contribution is 5.95. The molecule has 2 aromatic carbocycles. The highest BCUT2D eigenvalue weighted by atomic mass is 16.5. The number of amides is 2. The number of piperidine rings is 1. The van der Waals surface area contributed by atoms with Crippen LogP contribution in [0.2, 0.25) is 0 Å². The fourth-order valence-electron chi connectivity index (χ4n) is 3.62. The predicted octanol–water partition coefficient (Wildman–Crippen LogP) is 3.32. The summed E-state index contributed by atoms with van der Waals surface area (Å²) < 4.78 is 11.2. The molecule has 0 aromatic heterocycles. The Hall–Kier alpha value is -3.06. The first-order valence-corrected chi connectivity index (χ1v) is 10.9. The van der Waals surface area contributed by atoms with Crippen LogP contribution in [0.3, 0.4) is 0 Å². The number of rotatable bonds is 9. The quantitative estimate of drug-likeness (QED) is 0.644. The number of nitrogens with zero attached hydrogens (tertiary/aromatic N) is 1. The highest BCUT2D eigenvalue weighted by Crippen LogP contribution is 2.28. The predicted molar refractivity (Wildman–Crippen MR) is 121 cm³/mol. The molecular formula is C24H31N3O4. The van der Waals surface area contributed by atoms with Gasteiger partial charge in [-0.2, -0.15) is 0 Å². The van der Waals surface area contributed by atoms with Crippen LogP contribution in [-0.2, 0) is 4.79 Å². The maximum Gasteiger partial charge on any atom is 0.251 e. The van der Waals surface area contributed by atoms with Crippen molar-refractivity contribution in [1.29, 1.82) is 0 Å². The molecular weight excluding hydrogens is 394 g/mol. The minimum atomic E-state index is -0.121. The lowest BCUT2D eigenvalue weighted by molar-refractivity contribution is -0.117. The number of carbonyl (C=O) groups is 2. The highest BCUT2D eigenvalue weighted by Gasteiger charge is 2.23. The van der Waals surface area contributed by atoms with Crippen LogP contribution in [0.25, 0.3) is 0 Å². The first-order chi connectivity index (χ1) is 15.1. The first-order valence-electron chi connectivity index (χ1n) is 10.9. The molecule has 0 saturated carbocycles. The van der Waals surface area contributed by atoms with Crippen molar-refractivity contribution in [3.05, 3.63) is 54.1 Å². The largest absolute Gasteiger partial charge is 0.490 e. The molecule has 0 radical (unpaired) electrons. The van der Waals surface area contributed by atoms with Gasteiger partial charge in [-0.25, -0.2) is 0 Å². The maximum absolute atomic E-state index is 12.7. The third kappa shape index (κ3) is 6.72. The number of carbonyl (C=O) groups excluding carboxylic acids is 2. The minimum Gasteiger partial charge on any atom is -0.490 e. The summed E-state index contributed by atoms with van der Waals surface area (Å²) in [5.74, 6) is 1.08. The van der Waals surface area contributed by atoms with Crippen LogP contribution in [0.4, 0.5) is 5.69 Å².